The highest BCUT2D eigenvalue weighted by Gasteiger charge is 2.06. The first-order valence-electron chi connectivity index (χ1n) is 5.36. The largest absolute Gasteiger partial charge is 0.326 e. The molecule has 17 heavy (non-hydrogen) atoms. The third-order valence-corrected chi connectivity index (χ3v) is 2.99. The Balaban J connectivity index is 2.30. The van der Waals surface area contributed by atoms with Gasteiger partial charge in [-0.25, -0.2) is 9.78 Å². The Morgan fingerprint density at radius 2 is 2.18 bits per heavy atom. The molecule has 86 valence electrons. The summed E-state index contributed by atoms with van der Waals surface area (Å²) >= 11 is 0. The van der Waals surface area contributed by atoms with E-state index in [1.807, 2.05) is 35.9 Å². The highest BCUT2D eigenvalue weighted by atomic mass is 16.1. The molecule has 0 aliphatic rings. The minimum Gasteiger partial charge on any atom is -0.306 e. The second-order valence-corrected chi connectivity index (χ2v) is 4.04. The van der Waals surface area contributed by atoms with Gasteiger partial charge in [0.25, 0.3) is 0 Å². The van der Waals surface area contributed by atoms with Gasteiger partial charge in [-0.05, 0) is 25.1 Å². The quantitative estimate of drug-likeness (QED) is 0.683. The number of H-pyrrole nitrogens is 1. The van der Waals surface area contributed by atoms with Gasteiger partial charge in [0.2, 0.25) is 0 Å². The van der Waals surface area contributed by atoms with E-state index in [1.54, 1.807) is 17.8 Å². The van der Waals surface area contributed by atoms with Crippen LogP contribution in [0.25, 0.3) is 16.7 Å². The molecule has 3 aromatic rings. The average molecular weight is 228 g/mol. The Hall–Kier alpha value is -2.30. The maximum Gasteiger partial charge on any atom is 0.326 e. The van der Waals surface area contributed by atoms with Crippen LogP contribution in [0.3, 0.4) is 0 Å². The van der Waals surface area contributed by atoms with Crippen LogP contribution in [0.4, 0.5) is 0 Å². The van der Waals surface area contributed by atoms with Gasteiger partial charge in [-0.15, -0.1) is 0 Å². The zero-order valence-electron chi connectivity index (χ0n) is 9.64. The summed E-state index contributed by atoms with van der Waals surface area (Å²) in [5, 5.41) is 0. The van der Waals surface area contributed by atoms with Gasteiger partial charge < -0.3 is 9.55 Å². The van der Waals surface area contributed by atoms with Crippen LogP contribution in [-0.4, -0.2) is 19.1 Å². The van der Waals surface area contributed by atoms with Crippen LogP contribution in [0.2, 0.25) is 0 Å². The van der Waals surface area contributed by atoms with Crippen LogP contribution >= 0.6 is 0 Å². The Bertz CT molecular complexity index is 747. The summed E-state index contributed by atoms with van der Waals surface area (Å²) in [5.41, 5.74) is 2.64. The molecule has 0 radical (unpaired) electrons. The van der Waals surface area contributed by atoms with Gasteiger partial charge in [0.15, 0.2) is 0 Å². The number of hydrogen-bond acceptors (Lipinski definition) is 2. The number of aromatic amines is 1. The molecule has 0 fully saturated rings. The van der Waals surface area contributed by atoms with E-state index in [2.05, 4.69) is 9.97 Å². The van der Waals surface area contributed by atoms with E-state index in [0.29, 0.717) is 0 Å². The Labute approximate surface area is 97.3 Å². The van der Waals surface area contributed by atoms with Crippen LogP contribution in [0.5, 0.6) is 0 Å². The molecule has 0 atom stereocenters. The van der Waals surface area contributed by atoms with E-state index in [-0.39, 0.29) is 5.69 Å². The lowest BCUT2D eigenvalue weighted by molar-refractivity contribution is 0.890. The second kappa shape index (κ2) is 3.35. The molecule has 0 saturated heterocycles. The highest BCUT2D eigenvalue weighted by molar-refractivity contribution is 5.77. The van der Waals surface area contributed by atoms with Gasteiger partial charge in [0.1, 0.15) is 5.82 Å². The van der Waals surface area contributed by atoms with Crippen molar-refractivity contribution in [3.05, 3.63) is 46.9 Å². The Morgan fingerprint density at radius 1 is 1.35 bits per heavy atom. The number of imidazole rings is 2. The van der Waals surface area contributed by atoms with Crippen molar-refractivity contribution in [2.24, 2.45) is 7.05 Å². The Kier molecular flexibility index (Phi) is 1.95. The van der Waals surface area contributed by atoms with Crippen molar-refractivity contribution in [3.63, 3.8) is 0 Å². The lowest BCUT2D eigenvalue weighted by Crippen LogP contribution is -2.11. The number of nitrogens with one attached hydrogen (secondary N) is 1. The van der Waals surface area contributed by atoms with Crippen LogP contribution in [0.15, 0.2) is 35.4 Å². The lowest BCUT2D eigenvalue weighted by Gasteiger charge is -2.05. The maximum absolute atomic E-state index is 11.5. The summed E-state index contributed by atoms with van der Waals surface area (Å²) in [6.45, 7) is 1.94. The molecule has 0 amide bonds. The monoisotopic (exact) mass is 228 g/mol. The number of rotatable bonds is 1. The first-order valence-corrected chi connectivity index (χ1v) is 5.36. The lowest BCUT2D eigenvalue weighted by atomic mass is 10.2. The summed E-state index contributed by atoms with van der Waals surface area (Å²) in [4.78, 5) is 18.5. The second-order valence-electron chi connectivity index (χ2n) is 4.04. The molecule has 0 unspecified atom stereocenters. The normalized spacial score (nSPS) is 11.2. The minimum atomic E-state index is -0.0977. The zero-order chi connectivity index (χ0) is 12.0. The van der Waals surface area contributed by atoms with Crippen molar-refractivity contribution in [1.29, 1.82) is 0 Å². The number of nitrogens with zero attached hydrogens (tertiary/aromatic N) is 3. The summed E-state index contributed by atoms with van der Waals surface area (Å²) in [5.74, 6) is 0.921. The molecule has 5 nitrogen and oxygen atoms in total. The number of fused-ring (bicyclic) bond motifs is 1. The van der Waals surface area contributed by atoms with Crippen molar-refractivity contribution in [1.82, 2.24) is 19.1 Å². The van der Waals surface area contributed by atoms with E-state index in [4.69, 9.17) is 0 Å². The fourth-order valence-electron chi connectivity index (χ4n) is 2.01. The van der Waals surface area contributed by atoms with E-state index in [1.165, 1.54) is 0 Å². The van der Waals surface area contributed by atoms with Crippen molar-refractivity contribution < 1.29 is 0 Å². The molecular formula is C12H12N4O. The van der Waals surface area contributed by atoms with Gasteiger partial charge in [-0.3, -0.25) is 4.57 Å². The minimum absolute atomic E-state index is 0.0977. The van der Waals surface area contributed by atoms with Crippen molar-refractivity contribution in [3.8, 4) is 5.69 Å². The predicted molar refractivity (Wildman–Crippen MR) is 65.4 cm³/mol. The zero-order valence-corrected chi connectivity index (χ0v) is 9.64. The topological polar surface area (TPSA) is 55.6 Å². The molecule has 0 aliphatic heterocycles. The SMILES string of the molecule is Cc1nccn1-c1ccc2[nH]c(=O)n(C)c2c1. The fourth-order valence-corrected chi connectivity index (χ4v) is 2.01. The van der Waals surface area contributed by atoms with Crippen molar-refractivity contribution >= 4 is 11.0 Å². The number of aryl methyl sites for hydroxylation is 2. The molecule has 2 heterocycles. The van der Waals surface area contributed by atoms with Gasteiger partial charge in [0.05, 0.1) is 11.0 Å². The average Bonchev–Trinajstić information content (AvgIpc) is 2.85. The summed E-state index contributed by atoms with van der Waals surface area (Å²) < 4.78 is 3.59. The molecule has 1 N–H and O–H groups in total. The van der Waals surface area contributed by atoms with Gasteiger partial charge >= 0.3 is 5.69 Å². The van der Waals surface area contributed by atoms with Crippen LogP contribution in [0.1, 0.15) is 5.82 Å². The van der Waals surface area contributed by atoms with E-state index in [9.17, 15) is 4.79 Å². The van der Waals surface area contributed by atoms with E-state index < -0.39 is 0 Å². The first kappa shape index (κ1) is 9.89. The number of hydrogen-bond donors (Lipinski definition) is 1. The summed E-state index contributed by atoms with van der Waals surface area (Å²) in [7, 11) is 1.76. The van der Waals surface area contributed by atoms with Crippen molar-refractivity contribution in [2.75, 3.05) is 0 Å². The molecule has 0 bridgehead atoms. The molecule has 5 heteroatoms. The van der Waals surface area contributed by atoms with E-state index in [0.717, 1.165) is 22.5 Å². The standard InChI is InChI=1S/C12H12N4O/c1-8-13-5-6-16(8)9-3-4-10-11(7-9)15(2)12(17)14-10/h3-7H,1-2H3,(H,14,17). The molecule has 2 aromatic heterocycles. The molecule has 3 rings (SSSR count). The molecule has 0 saturated carbocycles. The molecular weight excluding hydrogens is 216 g/mol. The van der Waals surface area contributed by atoms with Gasteiger partial charge in [0, 0.05) is 25.1 Å². The highest BCUT2D eigenvalue weighted by Crippen LogP contribution is 2.16. The molecule has 1 aromatic carbocycles. The first-order chi connectivity index (χ1) is 8.16. The van der Waals surface area contributed by atoms with Gasteiger partial charge in [-0.2, -0.15) is 0 Å². The third kappa shape index (κ3) is 1.39. The molecule has 0 aliphatic carbocycles. The summed E-state index contributed by atoms with van der Waals surface area (Å²) in [6.07, 6.45) is 3.66. The van der Waals surface area contributed by atoms with E-state index >= 15 is 0 Å². The van der Waals surface area contributed by atoms with Gasteiger partial charge in [-0.1, -0.05) is 0 Å². The fraction of sp³-hybridized carbons (Fsp3) is 0.167. The Morgan fingerprint density at radius 3 is 2.88 bits per heavy atom. The van der Waals surface area contributed by atoms with Crippen LogP contribution in [-0.2, 0) is 7.05 Å². The van der Waals surface area contributed by atoms with Crippen LogP contribution in [0, 0.1) is 6.92 Å². The van der Waals surface area contributed by atoms with Crippen LogP contribution < -0.4 is 5.69 Å². The third-order valence-electron chi connectivity index (χ3n) is 2.99. The number of aromatic nitrogens is 4. The predicted octanol–water partition coefficient (Wildman–Crippen LogP) is 1.36. The summed E-state index contributed by atoms with van der Waals surface area (Å²) in [6, 6.07) is 5.85. The van der Waals surface area contributed by atoms with Crippen molar-refractivity contribution in [2.45, 2.75) is 6.92 Å². The smallest absolute Gasteiger partial charge is 0.306 e. The maximum atomic E-state index is 11.5. The molecule has 0 spiro atoms. The number of benzene rings is 1.